The van der Waals surface area contributed by atoms with Gasteiger partial charge >= 0.3 is 0 Å². The molecule has 0 amide bonds. The average Bonchev–Trinajstić information content (AvgIpc) is 2.67. The summed E-state index contributed by atoms with van der Waals surface area (Å²) in [6, 6.07) is 0.521. The maximum absolute atomic E-state index is 4.66. The summed E-state index contributed by atoms with van der Waals surface area (Å²) in [7, 11) is 0. The van der Waals surface area contributed by atoms with E-state index < -0.39 is 0 Å². The minimum absolute atomic E-state index is 0.521. The fraction of sp³-hybridized carbons (Fsp3) is 0.750. The van der Waals surface area contributed by atoms with E-state index in [2.05, 4.69) is 48.3 Å². The van der Waals surface area contributed by atoms with Crippen molar-refractivity contribution >= 4 is 16.5 Å². The number of thiazole rings is 1. The monoisotopic (exact) mass is 241 g/mol. The van der Waals surface area contributed by atoms with Crippen LogP contribution in [0.5, 0.6) is 0 Å². The van der Waals surface area contributed by atoms with Gasteiger partial charge in [0.1, 0.15) is 0 Å². The molecule has 0 spiro atoms. The van der Waals surface area contributed by atoms with Crippen LogP contribution in [0, 0.1) is 0 Å². The van der Waals surface area contributed by atoms with Crippen LogP contribution >= 0.6 is 11.3 Å². The van der Waals surface area contributed by atoms with E-state index >= 15 is 0 Å². The first-order chi connectivity index (χ1) is 7.69. The van der Waals surface area contributed by atoms with E-state index in [-0.39, 0.29) is 0 Å². The van der Waals surface area contributed by atoms with Gasteiger partial charge in [-0.2, -0.15) is 0 Å². The number of hydrogen-bond acceptors (Lipinski definition) is 4. The van der Waals surface area contributed by atoms with Gasteiger partial charge < -0.3 is 10.2 Å². The Bertz CT molecular complexity index is 296. The summed E-state index contributed by atoms with van der Waals surface area (Å²) in [4.78, 5) is 6.98. The molecule has 0 aliphatic carbocycles. The number of hydrogen-bond donors (Lipinski definition) is 1. The average molecular weight is 241 g/mol. The molecule has 1 aromatic heterocycles. The summed E-state index contributed by atoms with van der Waals surface area (Å²) in [5, 5.41) is 6.68. The smallest absolute Gasteiger partial charge is 0.185 e. The van der Waals surface area contributed by atoms with Crippen molar-refractivity contribution in [2.24, 2.45) is 0 Å². The van der Waals surface area contributed by atoms with Gasteiger partial charge in [0.05, 0.1) is 5.69 Å². The molecule has 4 heteroatoms. The van der Waals surface area contributed by atoms with Gasteiger partial charge in [-0.15, -0.1) is 11.3 Å². The van der Waals surface area contributed by atoms with Crippen molar-refractivity contribution in [3.05, 3.63) is 11.1 Å². The molecule has 0 unspecified atom stereocenters. The molecule has 0 saturated carbocycles. The Kier molecular flexibility index (Phi) is 5.77. The van der Waals surface area contributed by atoms with Crippen LogP contribution in [0.15, 0.2) is 5.38 Å². The second-order valence-electron chi connectivity index (χ2n) is 4.18. The van der Waals surface area contributed by atoms with Crippen LogP contribution in [0.25, 0.3) is 0 Å². The Morgan fingerprint density at radius 3 is 2.75 bits per heavy atom. The molecule has 0 atom stereocenters. The van der Waals surface area contributed by atoms with Crippen LogP contribution < -0.4 is 10.2 Å². The van der Waals surface area contributed by atoms with Crippen LogP contribution in [-0.2, 0) is 6.54 Å². The largest absolute Gasteiger partial charge is 0.346 e. The van der Waals surface area contributed by atoms with Gasteiger partial charge in [0.25, 0.3) is 0 Å². The molecule has 1 aromatic rings. The van der Waals surface area contributed by atoms with Crippen molar-refractivity contribution in [1.82, 2.24) is 10.3 Å². The third kappa shape index (κ3) is 3.76. The number of rotatable bonds is 7. The summed E-state index contributed by atoms with van der Waals surface area (Å²) in [5.74, 6) is 0. The molecule has 0 aliphatic heterocycles. The van der Waals surface area contributed by atoms with Crippen LogP contribution in [0.4, 0.5) is 5.13 Å². The molecule has 0 bridgehead atoms. The molecule has 1 heterocycles. The molecular weight excluding hydrogens is 218 g/mol. The summed E-state index contributed by atoms with van der Waals surface area (Å²) >= 11 is 1.74. The molecule has 3 nitrogen and oxygen atoms in total. The fourth-order valence-electron chi connectivity index (χ4n) is 1.62. The van der Waals surface area contributed by atoms with Gasteiger partial charge in [0, 0.05) is 24.5 Å². The number of anilines is 1. The third-order valence-corrected chi connectivity index (χ3v) is 3.41. The lowest BCUT2D eigenvalue weighted by molar-refractivity contribution is 0.661. The van der Waals surface area contributed by atoms with E-state index in [0.717, 1.165) is 30.5 Å². The van der Waals surface area contributed by atoms with Crippen LogP contribution in [0.3, 0.4) is 0 Å². The lowest BCUT2D eigenvalue weighted by atomic mass is 10.3. The molecule has 1 rings (SSSR count). The highest BCUT2D eigenvalue weighted by Gasteiger charge is 2.12. The Labute approximate surface area is 103 Å². The van der Waals surface area contributed by atoms with E-state index in [1.165, 1.54) is 6.42 Å². The first-order valence-corrected chi connectivity index (χ1v) is 6.98. The lowest BCUT2D eigenvalue weighted by Crippen LogP contribution is -2.30. The predicted octanol–water partition coefficient (Wildman–Crippen LogP) is 2.88. The minimum atomic E-state index is 0.521. The van der Waals surface area contributed by atoms with E-state index in [9.17, 15) is 0 Å². The zero-order valence-corrected chi connectivity index (χ0v) is 11.6. The zero-order valence-electron chi connectivity index (χ0n) is 10.8. The molecule has 0 fully saturated rings. The summed E-state index contributed by atoms with van der Waals surface area (Å²) < 4.78 is 0. The topological polar surface area (TPSA) is 28.2 Å². The summed E-state index contributed by atoms with van der Waals surface area (Å²) in [5.41, 5.74) is 1.16. The van der Waals surface area contributed by atoms with Gasteiger partial charge in [0.2, 0.25) is 0 Å². The van der Waals surface area contributed by atoms with E-state index in [4.69, 9.17) is 0 Å². The predicted molar refractivity (Wildman–Crippen MR) is 72.3 cm³/mol. The molecule has 0 aliphatic rings. The highest BCUT2D eigenvalue weighted by molar-refractivity contribution is 7.13. The first-order valence-electron chi connectivity index (χ1n) is 6.10. The Morgan fingerprint density at radius 2 is 2.19 bits per heavy atom. The van der Waals surface area contributed by atoms with Gasteiger partial charge in [-0.1, -0.05) is 6.92 Å². The minimum Gasteiger partial charge on any atom is -0.346 e. The van der Waals surface area contributed by atoms with Crippen LogP contribution in [0.1, 0.15) is 39.8 Å². The third-order valence-electron chi connectivity index (χ3n) is 2.48. The molecular formula is C12H23N3S. The normalized spacial score (nSPS) is 11.1. The van der Waals surface area contributed by atoms with E-state index in [0.29, 0.717) is 6.04 Å². The Hall–Kier alpha value is -0.610. The van der Waals surface area contributed by atoms with Crippen molar-refractivity contribution in [1.29, 1.82) is 0 Å². The standard InChI is InChI=1S/C12H23N3S/c1-5-7-13-8-11-9-16-12(14-11)15(6-2)10(3)4/h9-10,13H,5-8H2,1-4H3. The molecule has 0 aromatic carbocycles. The summed E-state index contributed by atoms with van der Waals surface area (Å²) in [6.07, 6.45) is 1.17. The highest BCUT2D eigenvalue weighted by atomic mass is 32.1. The number of aromatic nitrogens is 1. The van der Waals surface area contributed by atoms with Crippen molar-refractivity contribution < 1.29 is 0 Å². The lowest BCUT2D eigenvalue weighted by Gasteiger charge is -2.24. The number of nitrogens with one attached hydrogen (secondary N) is 1. The van der Waals surface area contributed by atoms with Gasteiger partial charge in [0.15, 0.2) is 5.13 Å². The fourth-order valence-corrected chi connectivity index (χ4v) is 2.65. The maximum Gasteiger partial charge on any atom is 0.185 e. The van der Waals surface area contributed by atoms with Crippen LogP contribution in [0.2, 0.25) is 0 Å². The molecule has 0 radical (unpaired) electrons. The second-order valence-corrected chi connectivity index (χ2v) is 5.01. The Morgan fingerprint density at radius 1 is 1.44 bits per heavy atom. The second kappa shape index (κ2) is 6.86. The zero-order chi connectivity index (χ0) is 12.0. The summed E-state index contributed by atoms with van der Waals surface area (Å²) in [6.45, 7) is 11.7. The maximum atomic E-state index is 4.66. The molecule has 1 N–H and O–H groups in total. The van der Waals surface area contributed by atoms with Gasteiger partial charge in [-0.05, 0) is 33.7 Å². The van der Waals surface area contributed by atoms with Crippen LogP contribution in [-0.4, -0.2) is 24.1 Å². The van der Waals surface area contributed by atoms with Crippen molar-refractivity contribution in [3.63, 3.8) is 0 Å². The molecule has 92 valence electrons. The molecule has 16 heavy (non-hydrogen) atoms. The Balaban J connectivity index is 2.55. The molecule has 0 saturated heterocycles. The highest BCUT2D eigenvalue weighted by Crippen LogP contribution is 2.22. The van der Waals surface area contributed by atoms with Crippen molar-refractivity contribution in [3.8, 4) is 0 Å². The van der Waals surface area contributed by atoms with Gasteiger partial charge in [-0.25, -0.2) is 4.98 Å². The van der Waals surface area contributed by atoms with E-state index in [1.807, 2.05) is 0 Å². The van der Waals surface area contributed by atoms with Gasteiger partial charge in [-0.3, -0.25) is 0 Å². The van der Waals surface area contributed by atoms with Crippen molar-refractivity contribution in [2.75, 3.05) is 18.0 Å². The number of nitrogens with zero attached hydrogens (tertiary/aromatic N) is 2. The van der Waals surface area contributed by atoms with Crippen molar-refractivity contribution in [2.45, 2.75) is 46.7 Å². The van der Waals surface area contributed by atoms with E-state index in [1.54, 1.807) is 11.3 Å². The quantitative estimate of drug-likeness (QED) is 0.744. The first kappa shape index (κ1) is 13.5. The SMILES string of the molecule is CCCNCc1csc(N(CC)C(C)C)n1.